The number of carbonyl (C=O) groups is 1. The van der Waals surface area contributed by atoms with Crippen LogP contribution in [0.15, 0.2) is 76.3 Å². The smallest absolute Gasteiger partial charge is 0.288 e. The van der Waals surface area contributed by atoms with E-state index >= 15 is 0 Å². The van der Waals surface area contributed by atoms with Crippen molar-refractivity contribution < 1.29 is 27.6 Å². The highest BCUT2D eigenvalue weighted by atomic mass is 19.4. The van der Waals surface area contributed by atoms with Gasteiger partial charge in [0.1, 0.15) is 0 Å². The summed E-state index contributed by atoms with van der Waals surface area (Å²) >= 11 is 0. The second kappa shape index (κ2) is 8.60. The van der Waals surface area contributed by atoms with E-state index in [4.69, 9.17) is 5.21 Å². The summed E-state index contributed by atoms with van der Waals surface area (Å²) in [6, 6.07) is 14.1. The lowest BCUT2D eigenvalue weighted by molar-refractivity contribution is -0.140. The van der Waals surface area contributed by atoms with Gasteiger partial charge < -0.3 is 0 Å². The second-order valence-corrected chi connectivity index (χ2v) is 7.30. The zero-order chi connectivity index (χ0) is 24.6. The normalized spacial score (nSPS) is 11.6. The Labute approximate surface area is 188 Å². The Morgan fingerprint density at radius 3 is 2.26 bits per heavy atom. The van der Waals surface area contributed by atoms with Gasteiger partial charge in [-0.05, 0) is 42.0 Å². The summed E-state index contributed by atoms with van der Waals surface area (Å²) in [6.07, 6.45) is -5.03. The zero-order valence-electron chi connectivity index (χ0n) is 17.1. The van der Waals surface area contributed by atoms with Crippen molar-refractivity contribution in [2.75, 3.05) is 0 Å². The fourth-order valence-electron chi connectivity index (χ4n) is 3.61. The van der Waals surface area contributed by atoms with Crippen molar-refractivity contribution in [1.29, 1.82) is 0 Å². The highest BCUT2D eigenvalue weighted by Crippen LogP contribution is 2.33. The molecule has 34 heavy (non-hydrogen) atoms. The molecule has 0 fully saturated rings. The number of benzene rings is 3. The van der Waals surface area contributed by atoms with Gasteiger partial charge in [0.15, 0.2) is 5.82 Å². The number of nitrogens with zero attached hydrogens (tertiary/aromatic N) is 2. The van der Waals surface area contributed by atoms with E-state index in [9.17, 15) is 31.9 Å². The Morgan fingerprint density at radius 1 is 0.941 bits per heavy atom. The molecule has 4 aromatic rings. The number of amides is 1. The van der Waals surface area contributed by atoms with Crippen molar-refractivity contribution in [2.45, 2.75) is 12.7 Å². The van der Waals surface area contributed by atoms with Gasteiger partial charge in [0, 0.05) is 5.56 Å². The average Bonchev–Trinajstić information content (AvgIpc) is 2.82. The lowest BCUT2D eigenvalue weighted by Crippen LogP contribution is -2.39. The molecule has 0 unspecified atom stereocenters. The number of hydrogen-bond donors (Lipinski definition) is 2. The van der Waals surface area contributed by atoms with Crippen molar-refractivity contribution in [2.24, 2.45) is 0 Å². The van der Waals surface area contributed by atoms with Crippen LogP contribution in [0.2, 0.25) is 0 Å². The van der Waals surface area contributed by atoms with E-state index in [1.807, 2.05) is 0 Å². The van der Waals surface area contributed by atoms with Crippen molar-refractivity contribution in [3.63, 3.8) is 0 Å². The summed E-state index contributed by atoms with van der Waals surface area (Å²) in [7, 11) is 0. The highest BCUT2D eigenvalue weighted by molar-refractivity contribution is 5.93. The van der Waals surface area contributed by atoms with Crippen LogP contribution >= 0.6 is 0 Å². The van der Waals surface area contributed by atoms with Crippen molar-refractivity contribution in [3.05, 3.63) is 110 Å². The van der Waals surface area contributed by atoms with Gasteiger partial charge in [-0.15, -0.1) is 0 Å². The van der Waals surface area contributed by atoms with Gasteiger partial charge in [-0.2, -0.15) is 13.2 Å². The predicted octanol–water partition coefficient (Wildman–Crippen LogP) is 3.48. The minimum atomic E-state index is -5.03. The van der Waals surface area contributed by atoms with E-state index in [0.717, 1.165) is 16.7 Å². The fourth-order valence-corrected chi connectivity index (χ4v) is 3.61. The molecule has 0 saturated heterocycles. The molecule has 0 aliphatic carbocycles. The second-order valence-electron chi connectivity index (χ2n) is 7.30. The van der Waals surface area contributed by atoms with Crippen LogP contribution in [0, 0.1) is 5.82 Å². The molecule has 1 amide bonds. The van der Waals surface area contributed by atoms with Gasteiger partial charge in [-0.3, -0.25) is 19.4 Å². The van der Waals surface area contributed by atoms with Crippen LogP contribution in [-0.2, 0) is 12.7 Å². The lowest BCUT2D eigenvalue weighted by Gasteiger charge is -2.16. The summed E-state index contributed by atoms with van der Waals surface area (Å²) in [5, 5.41) is 8.72. The van der Waals surface area contributed by atoms with Gasteiger partial charge in [-0.1, -0.05) is 30.3 Å². The molecule has 0 atom stereocenters. The molecule has 0 bridgehead atoms. The maximum Gasteiger partial charge on any atom is 0.419 e. The Balaban J connectivity index is 1.95. The minimum Gasteiger partial charge on any atom is -0.288 e. The number of carbonyl (C=O) groups excluding carboxylic acids is 1. The molecule has 174 valence electrons. The van der Waals surface area contributed by atoms with E-state index in [-0.39, 0.29) is 23.0 Å². The molecular formula is C23H15F4N3O4. The van der Waals surface area contributed by atoms with Crippen LogP contribution in [0.4, 0.5) is 17.6 Å². The topological polar surface area (TPSA) is 93.3 Å². The number of para-hydroxylation sites is 1. The standard InChI is InChI=1S/C23H15F4N3O4/c24-19-16(23(25,26)27)5-3-7-18(19)30-21(32)15-4-1-2-6-17(15)29(22(30)33)12-13-8-10-14(11-9-13)20(31)28-34/h1-11,34H,12H2,(H,28,31). The molecule has 0 spiro atoms. The van der Waals surface area contributed by atoms with Crippen LogP contribution in [0.3, 0.4) is 0 Å². The maximum absolute atomic E-state index is 14.8. The number of halogens is 4. The number of nitrogens with one attached hydrogen (secondary N) is 1. The summed E-state index contributed by atoms with van der Waals surface area (Å²) < 4.78 is 56.0. The molecule has 2 N–H and O–H groups in total. The average molecular weight is 473 g/mol. The first-order valence-corrected chi connectivity index (χ1v) is 9.77. The SMILES string of the molecule is O=C(NO)c1ccc(Cn2c(=O)n(-c3cccc(C(F)(F)F)c3F)c(=O)c3ccccc32)cc1. The van der Waals surface area contributed by atoms with Crippen LogP contribution < -0.4 is 16.7 Å². The molecule has 7 nitrogen and oxygen atoms in total. The van der Waals surface area contributed by atoms with Crippen LogP contribution in [0.5, 0.6) is 0 Å². The molecule has 1 aromatic heterocycles. The van der Waals surface area contributed by atoms with Crippen molar-refractivity contribution in [3.8, 4) is 5.69 Å². The molecule has 0 aliphatic heterocycles. The van der Waals surface area contributed by atoms with Gasteiger partial charge in [-0.25, -0.2) is 19.2 Å². The predicted molar refractivity (Wildman–Crippen MR) is 114 cm³/mol. The van der Waals surface area contributed by atoms with E-state index in [1.165, 1.54) is 47.9 Å². The van der Waals surface area contributed by atoms with Crippen LogP contribution in [-0.4, -0.2) is 20.2 Å². The first kappa shape index (κ1) is 22.9. The Hall–Kier alpha value is -4.25. The molecule has 11 heteroatoms. The molecule has 0 radical (unpaired) electrons. The zero-order valence-corrected chi connectivity index (χ0v) is 17.1. The molecular weight excluding hydrogens is 458 g/mol. The maximum atomic E-state index is 14.8. The Kier molecular flexibility index (Phi) is 5.80. The third kappa shape index (κ3) is 3.97. The number of alkyl halides is 3. The van der Waals surface area contributed by atoms with Gasteiger partial charge in [0.05, 0.1) is 28.7 Å². The van der Waals surface area contributed by atoms with E-state index in [0.29, 0.717) is 16.2 Å². The van der Waals surface area contributed by atoms with E-state index in [1.54, 1.807) is 6.07 Å². The van der Waals surface area contributed by atoms with Gasteiger partial charge in [0.25, 0.3) is 11.5 Å². The summed E-state index contributed by atoms with van der Waals surface area (Å²) in [4.78, 5) is 37.9. The molecule has 0 aliphatic rings. The number of hydrogen-bond acceptors (Lipinski definition) is 4. The minimum absolute atomic E-state index is 0.00445. The number of fused-ring (bicyclic) bond motifs is 1. The van der Waals surface area contributed by atoms with E-state index in [2.05, 4.69) is 0 Å². The van der Waals surface area contributed by atoms with Crippen LogP contribution in [0.25, 0.3) is 16.6 Å². The Morgan fingerprint density at radius 2 is 1.62 bits per heavy atom. The fraction of sp³-hybridized carbons (Fsp3) is 0.0870. The third-order valence-corrected chi connectivity index (χ3v) is 5.23. The van der Waals surface area contributed by atoms with Crippen molar-refractivity contribution in [1.82, 2.24) is 14.6 Å². The molecule has 0 saturated carbocycles. The molecule has 4 rings (SSSR count). The van der Waals surface area contributed by atoms with E-state index < -0.39 is 40.4 Å². The monoisotopic (exact) mass is 473 g/mol. The largest absolute Gasteiger partial charge is 0.419 e. The first-order chi connectivity index (χ1) is 16.1. The summed E-state index contributed by atoms with van der Waals surface area (Å²) in [6.45, 7) is -0.138. The number of hydroxylamine groups is 1. The quantitative estimate of drug-likeness (QED) is 0.270. The van der Waals surface area contributed by atoms with Crippen molar-refractivity contribution >= 4 is 16.8 Å². The number of aromatic nitrogens is 2. The van der Waals surface area contributed by atoms with Gasteiger partial charge in [0.2, 0.25) is 0 Å². The number of rotatable bonds is 4. The highest BCUT2D eigenvalue weighted by Gasteiger charge is 2.35. The molecule has 1 heterocycles. The lowest BCUT2D eigenvalue weighted by atomic mass is 10.1. The molecule has 3 aromatic carbocycles. The summed E-state index contributed by atoms with van der Waals surface area (Å²) in [5.74, 6) is -2.49. The first-order valence-electron chi connectivity index (χ1n) is 9.77. The Bertz CT molecular complexity index is 1520. The van der Waals surface area contributed by atoms with Gasteiger partial charge >= 0.3 is 11.9 Å². The summed E-state index contributed by atoms with van der Waals surface area (Å²) in [5.41, 5.74) is -2.12. The van der Waals surface area contributed by atoms with Crippen LogP contribution in [0.1, 0.15) is 21.5 Å². The third-order valence-electron chi connectivity index (χ3n) is 5.23.